The molecule has 0 bridgehead atoms. The normalized spacial score (nSPS) is 21.5. The quantitative estimate of drug-likeness (QED) is 0.211. The molecule has 0 amide bonds. The van der Waals surface area contributed by atoms with Crippen LogP contribution >= 0.6 is 0 Å². The SMILES string of the molecule is [C-]#[N+]/C(=C/c1cc2cc3c(cc2oc1=O)C#CCCC1C(C(=O)OCC)C31)S(=O)(=O)OCC. The van der Waals surface area contributed by atoms with E-state index in [9.17, 15) is 18.0 Å². The molecule has 9 heteroatoms. The Morgan fingerprint density at radius 1 is 1.30 bits per heavy atom. The highest BCUT2D eigenvalue weighted by Crippen LogP contribution is 2.58. The largest absolute Gasteiger partial charge is 0.466 e. The topological polar surface area (TPSA) is 104 Å². The lowest BCUT2D eigenvalue weighted by molar-refractivity contribution is -0.145. The summed E-state index contributed by atoms with van der Waals surface area (Å²) in [6.07, 6.45) is 2.40. The van der Waals surface area contributed by atoms with Crippen LogP contribution in [0.2, 0.25) is 0 Å². The minimum Gasteiger partial charge on any atom is -0.466 e. The fourth-order valence-corrected chi connectivity index (χ4v) is 5.12. The molecule has 2 aliphatic carbocycles. The first-order valence-corrected chi connectivity index (χ1v) is 12.0. The fraction of sp³-hybridized carbons (Fsp3) is 0.375. The second kappa shape index (κ2) is 8.86. The Balaban J connectivity index is 1.82. The van der Waals surface area contributed by atoms with Gasteiger partial charge >= 0.3 is 26.7 Å². The Morgan fingerprint density at radius 3 is 2.79 bits per heavy atom. The van der Waals surface area contributed by atoms with E-state index in [0.717, 1.165) is 18.1 Å². The Bertz CT molecular complexity index is 1430. The van der Waals surface area contributed by atoms with Crippen LogP contribution in [0.3, 0.4) is 0 Å². The molecule has 0 radical (unpaired) electrons. The van der Waals surface area contributed by atoms with E-state index < -0.39 is 20.8 Å². The monoisotopic (exact) mass is 467 g/mol. The number of rotatable bonds is 6. The molecule has 170 valence electrons. The summed E-state index contributed by atoms with van der Waals surface area (Å²) in [6.45, 7) is 10.6. The van der Waals surface area contributed by atoms with Crippen LogP contribution in [0.4, 0.5) is 0 Å². The zero-order valence-electron chi connectivity index (χ0n) is 18.1. The van der Waals surface area contributed by atoms with Crippen LogP contribution in [0.25, 0.3) is 21.9 Å². The second-order valence-electron chi connectivity index (χ2n) is 7.73. The predicted molar refractivity (Wildman–Crippen MR) is 120 cm³/mol. The van der Waals surface area contributed by atoms with Crippen molar-refractivity contribution < 1.29 is 26.5 Å². The Hall–Kier alpha value is -3.40. The molecule has 1 aromatic heterocycles. The number of carbonyl (C=O) groups is 1. The van der Waals surface area contributed by atoms with E-state index >= 15 is 0 Å². The van der Waals surface area contributed by atoms with Crippen LogP contribution in [0.5, 0.6) is 0 Å². The first kappa shape index (κ1) is 22.8. The number of benzene rings is 1. The van der Waals surface area contributed by atoms with Gasteiger partial charge in [0.2, 0.25) is 0 Å². The third kappa shape index (κ3) is 4.30. The lowest BCUT2D eigenvalue weighted by Gasteiger charge is -2.09. The molecule has 2 aromatic rings. The number of fused-ring (bicyclic) bond motifs is 4. The van der Waals surface area contributed by atoms with Gasteiger partial charge in [-0.25, -0.2) is 18.1 Å². The van der Waals surface area contributed by atoms with Gasteiger partial charge in [0.15, 0.2) is 0 Å². The standard InChI is InChI=1S/C24H21NO7S/c1-4-30-24(27)22-17-9-7-6-8-14-12-19-15(11-18(14)21(17)22)10-16(23(26)32-19)13-20(25-3)33(28,29)31-5-2/h10-13,17,21-22H,4-5,7,9H2,1-2H3/b20-13-. The van der Waals surface area contributed by atoms with Crippen molar-refractivity contribution in [1.29, 1.82) is 0 Å². The number of ether oxygens (including phenoxy) is 1. The number of carbonyl (C=O) groups excluding carboxylic acids is 1. The van der Waals surface area contributed by atoms with Crippen molar-refractivity contribution in [3.8, 4) is 11.8 Å². The Labute approximate surface area is 191 Å². The lowest BCUT2D eigenvalue weighted by atomic mass is 9.96. The van der Waals surface area contributed by atoms with Crippen LogP contribution in [0, 0.1) is 30.2 Å². The summed E-state index contributed by atoms with van der Waals surface area (Å²) in [6, 6.07) is 4.95. The summed E-state index contributed by atoms with van der Waals surface area (Å²) in [7, 11) is -4.28. The summed E-state index contributed by atoms with van der Waals surface area (Å²) in [5.74, 6) is 5.82. The van der Waals surface area contributed by atoms with Crippen LogP contribution in [0.15, 0.2) is 32.4 Å². The van der Waals surface area contributed by atoms with Crippen molar-refractivity contribution in [2.75, 3.05) is 13.2 Å². The highest BCUT2D eigenvalue weighted by molar-refractivity contribution is 7.91. The molecular weight excluding hydrogens is 446 g/mol. The van der Waals surface area contributed by atoms with E-state index in [-0.39, 0.29) is 41.5 Å². The van der Waals surface area contributed by atoms with E-state index in [1.807, 2.05) is 6.07 Å². The first-order chi connectivity index (χ1) is 15.8. The summed E-state index contributed by atoms with van der Waals surface area (Å²) in [5.41, 5.74) is 0.962. The highest BCUT2D eigenvalue weighted by Gasteiger charge is 2.56. The highest BCUT2D eigenvalue weighted by atomic mass is 32.2. The maximum absolute atomic E-state index is 12.5. The van der Waals surface area contributed by atoms with Gasteiger partial charge in [-0.15, -0.1) is 0 Å². The summed E-state index contributed by atoms with van der Waals surface area (Å²) in [5, 5.41) is -0.175. The average Bonchev–Trinajstić information content (AvgIpc) is 3.46. The van der Waals surface area contributed by atoms with Crippen LogP contribution in [-0.4, -0.2) is 27.6 Å². The minimum absolute atomic E-state index is 0.0406. The van der Waals surface area contributed by atoms with Crippen molar-refractivity contribution in [3.05, 3.63) is 61.8 Å². The van der Waals surface area contributed by atoms with Crippen molar-refractivity contribution >= 4 is 33.1 Å². The molecule has 4 rings (SSSR count). The lowest BCUT2D eigenvalue weighted by Crippen LogP contribution is -2.09. The minimum atomic E-state index is -4.28. The molecule has 33 heavy (non-hydrogen) atoms. The third-order valence-corrected chi connectivity index (χ3v) is 7.03. The molecule has 1 saturated carbocycles. The fourth-order valence-electron chi connectivity index (χ4n) is 4.31. The van der Waals surface area contributed by atoms with E-state index in [4.69, 9.17) is 15.7 Å². The van der Waals surface area contributed by atoms with E-state index in [2.05, 4.69) is 20.9 Å². The van der Waals surface area contributed by atoms with Crippen molar-refractivity contribution in [3.63, 3.8) is 0 Å². The zero-order valence-corrected chi connectivity index (χ0v) is 18.9. The molecule has 3 atom stereocenters. The molecule has 0 aliphatic heterocycles. The molecule has 1 fully saturated rings. The molecule has 8 nitrogen and oxygen atoms in total. The third-order valence-electron chi connectivity index (χ3n) is 5.76. The number of hydrogen-bond acceptors (Lipinski definition) is 7. The summed E-state index contributed by atoms with van der Waals surface area (Å²) >= 11 is 0. The smallest absolute Gasteiger partial charge is 0.342 e. The molecule has 0 N–H and O–H groups in total. The zero-order chi connectivity index (χ0) is 23.8. The van der Waals surface area contributed by atoms with Gasteiger partial charge in [-0.2, -0.15) is 0 Å². The maximum Gasteiger partial charge on any atom is 0.342 e. The molecule has 2 aliphatic rings. The van der Waals surface area contributed by atoms with Crippen molar-refractivity contribution in [2.24, 2.45) is 11.8 Å². The van der Waals surface area contributed by atoms with E-state index in [1.165, 1.54) is 13.0 Å². The average molecular weight is 467 g/mol. The van der Waals surface area contributed by atoms with Gasteiger partial charge in [0.25, 0.3) is 0 Å². The number of esters is 1. The molecule has 1 aromatic carbocycles. The van der Waals surface area contributed by atoms with Crippen LogP contribution < -0.4 is 5.63 Å². The molecule has 0 saturated heterocycles. The second-order valence-corrected chi connectivity index (χ2v) is 9.29. The summed E-state index contributed by atoms with van der Waals surface area (Å²) < 4.78 is 39.5. The number of nitrogens with zero attached hydrogens (tertiary/aromatic N) is 1. The van der Waals surface area contributed by atoms with Crippen molar-refractivity contribution in [1.82, 2.24) is 0 Å². The predicted octanol–water partition coefficient (Wildman–Crippen LogP) is 3.41. The van der Waals surface area contributed by atoms with Gasteiger partial charge in [0.05, 0.1) is 31.3 Å². The Morgan fingerprint density at radius 2 is 2.09 bits per heavy atom. The van der Waals surface area contributed by atoms with Gasteiger partial charge in [-0.1, -0.05) is 11.8 Å². The summed E-state index contributed by atoms with van der Waals surface area (Å²) in [4.78, 5) is 27.9. The Kier molecular flexibility index (Phi) is 6.11. The van der Waals surface area contributed by atoms with Crippen LogP contribution in [-0.2, 0) is 23.8 Å². The molecular formula is C24H21NO7S. The van der Waals surface area contributed by atoms with E-state index in [1.54, 1.807) is 13.0 Å². The van der Waals surface area contributed by atoms with Crippen molar-refractivity contribution in [2.45, 2.75) is 32.6 Å². The van der Waals surface area contributed by atoms with E-state index in [0.29, 0.717) is 24.0 Å². The molecule has 1 heterocycles. The maximum atomic E-state index is 12.5. The van der Waals surface area contributed by atoms with Gasteiger partial charge in [0.1, 0.15) is 5.58 Å². The van der Waals surface area contributed by atoms with Gasteiger partial charge in [0, 0.05) is 23.3 Å². The van der Waals surface area contributed by atoms with Gasteiger partial charge < -0.3 is 9.15 Å². The molecule has 3 unspecified atom stereocenters. The number of hydrogen-bond donors (Lipinski definition) is 0. The van der Waals surface area contributed by atoms with Gasteiger partial charge in [-0.3, -0.25) is 8.98 Å². The first-order valence-electron chi connectivity index (χ1n) is 10.6. The molecule has 0 spiro atoms. The van der Waals surface area contributed by atoms with Crippen LogP contribution in [0.1, 0.15) is 49.3 Å². The van der Waals surface area contributed by atoms with Gasteiger partial charge in [-0.05, 0) is 56.0 Å².